The van der Waals surface area contributed by atoms with Crippen LogP contribution in [0.4, 0.5) is 5.69 Å². The Hall–Kier alpha value is -2.90. The molecule has 0 radical (unpaired) electrons. The number of anilines is 1. The van der Waals surface area contributed by atoms with E-state index >= 15 is 0 Å². The molecule has 1 aromatic heterocycles. The van der Waals surface area contributed by atoms with Gasteiger partial charge in [0.15, 0.2) is 11.0 Å². The SMILES string of the molecule is Cc1ccc(-n2c(SCC(=O)Nc3ccc(Br)cc3)nnc2-c2cccc(C)c2)cc1. The second-order valence-corrected chi connectivity index (χ2v) is 9.05. The molecule has 0 saturated heterocycles. The summed E-state index contributed by atoms with van der Waals surface area (Å²) in [5.74, 6) is 0.889. The molecule has 31 heavy (non-hydrogen) atoms. The van der Waals surface area contributed by atoms with Gasteiger partial charge in [-0.2, -0.15) is 0 Å². The van der Waals surface area contributed by atoms with Gasteiger partial charge in [0.2, 0.25) is 5.91 Å². The predicted octanol–water partition coefficient (Wildman–Crippen LogP) is 6.04. The summed E-state index contributed by atoms with van der Waals surface area (Å²) in [7, 11) is 0. The van der Waals surface area contributed by atoms with Crippen molar-refractivity contribution in [2.75, 3.05) is 11.1 Å². The number of thioether (sulfide) groups is 1. The van der Waals surface area contributed by atoms with E-state index in [1.807, 2.05) is 53.1 Å². The van der Waals surface area contributed by atoms with Crippen LogP contribution >= 0.6 is 27.7 Å². The fourth-order valence-corrected chi connectivity index (χ4v) is 4.14. The topological polar surface area (TPSA) is 59.8 Å². The molecule has 156 valence electrons. The van der Waals surface area contributed by atoms with Gasteiger partial charge in [0.25, 0.3) is 0 Å². The molecule has 1 heterocycles. The fraction of sp³-hybridized carbons (Fsp3) is 0.125. The summed E-state index contributed by atoms with van der Waals surface area (Å²) in [6, 6.07) is 23.9. The average molecular weight is 493 g/mol. The lowest BCUT2D eigenvalue weighted by Crippen LogP contribution is -2.14. The number of carbonyl (C=O) groups is 1. The van der Waals surface area contributed by atoms with Gasteiger partial charge in [0.05, 0.1) is 5.75 Å². The molecule has 0 unspecified atom stereocenters. The second-order valence-electron chi connectivity index (χ2n) is 7.19. The van der Waals surface area contributed by atoms with Crippen LogP contribution in [0, 0.1) is 13.8 Å². The largest absolute Gasteiger partial charge is 0.325 e. The van der Waals surface area contributed by atoms with E-state index in [4.69, 9.17) is 0 Å². The number of nitrogens with zero attached hydrogens (tertiary/aromatic N) is 3. The lowest BCUT2D eigenvalue weighted by atomic mass is 10.1. The highest BCUT2D eigenvalue weighted by molar-refractivity contribution is 9.10. The molecule has 1 amide bonds. The van der Waals surface area contributed by atoms with Crippen molar-refractivity contribution in [2.24, 2.45) is 0 Å². The first-order valence-corrected chi connectivity index (χ1v) is 11.6. The number of hydrogen-bond donors (Lipinski definition) is 1. The lowest BCUT2D eigenvalue weighted by Gasteiger charge is -2.11. The van der Waals surface area contributed by atoms with Crippen molar-refractivity contribution in [1.29, 1.82) is 0 Å². The summed E-state index contributed by atoms with van der Waals surface area (Å²) in [6.45, 7) is 4.11. The maximum Gasteiger partial charge on any atom is 0.234 e. The molecule has 4 aromatic rings. The minimum atomic E-state index is -0.0946. The van der Waals surface area contributed by atoms with Crippen LogP contribution in [-0.4, -0.2) is 26.4 Å². The summed E-state index contributed by atoms with van der Waals surface area (Å²) in [4.78, 5) is 12.5. The minimum Gasteiger partial charge on any atom is -0.325 e. The second kappa shape index (κ2) is 9.49. The monoisotopic (exact) mass is 492 g/mol. The van der Waals surface area contributed by atoms with Crippen molar-refractivity contribution in [3.05, 3.63) is 88.4 Å². The Balaban J connectivity index is 1.60. The Morgan fingerprint density at radius 2 is 1.71 bits per heavy atom. The molecular weight excluding hydrogens is 472 g/mol. The molecule has 3 aromatic carbocycles. The zero-order chi connectivity index (χ0) is 21.8. The third kappa shape index (κ3) is 5.24. The maximum atomic E-state index is 12.5. The molecule has 0 atom stereocenters. The van der Waals surface area contributed by atoms with E-state index in [-0.39, 0.29) is 11.7 Å². The first kappa shape index (κ1) is 21.3. The zero-order valence-electron chi connectivity index (χ0n) is 17.2. The van der Waals surface area contributed by atoms with Crippen molar-refractivity contribution in [2.45, 2.75) is 19.0 Å². The van der Waals surface area contributed by atoms with Gasteiger partial charge in [-0.3, -0.25) is 9.36 Å². The normalized spacial score (nSPS) is 10.8. The number of aromatic nitrogens is 3. The number of aryl methyl sites for hydroxylation is 2. The van der Waals surface area contributed by atoms with E-state index in [1.165, 1.54) is 17.3 Å². The Kier molecular flexibility index (Phi) is 6.53. The van der Waals surface area contributed by atoms with Gasteiger partial charge < -0.3 is 5.32 Å². The Morgan fingerprint density at radius 1 is 0.968 bits per heavy atom. The summed E-state index contributed by atoms with van der Waals surface area (Å²) in [5, 5.41) is 12.4. The van der Waals surface area contributed by atoms with Crippen molar-refractivity contribution in [3.8, 4) is 17.1 Å². The Labute approximate surface area is 194 Å². The van der Waals surface area contributed by atoms with Gasteiger partial charge in [-0.05, 0) is 56.3 Å². The third-order valence-electron chi connectivity index (χ3n) is 4.66. The van der Waals surface area contributed by atoms with Crippen LogP contribution in [0.15, 0.2) is 82.4 Å². The Bertz CT molecular complexity index is 1200. The van der Waals surface area contributed by atoms with Gasteiger partial charge in [-0.15, -0.1) is 10.2 Å². The van der Waals surface area contributed by atoms with Crippen molar-refractivity contribution in [1.82, 2.24) is 14.8 Å². The summed E-state index contributed by atoms with van der Waals surface area (Å²) in [5.41, 5.74) is 5.03. The van der Waals surface area contributed by atoms with Crippen LogP contribution in [-0.2, 0) is 4.79 Å². The molecule has 0 bridgehead atoms. The fourth-order valence-electron chi connectivity index (χ4n) is 3.12. The summed E-state index contributed by atoms with van der Waals surface area (Å²) < 4.78 is 2.97. The van der Waals surface area contributed by atoms with Crippen LogP contribution in [0.2, 0.25) is 0 Å². The lowest BCUT2D eigenvalue weighted by molar-refractivity contribution is -0.113. The van der Waals surface area contributed by atoms with Crippen LogP contribution < -0.4 is 5.32 Å². The number of benzene rings is 3. The number of rotatable bonds is 6. The molecule has 4 rings (SSSR count). The predicted molar refractivity (Wildman–Crippen MR) is 130 cm³/mol. The van der Waals surface area contributed by atoms with Crippen molar-refractivity contribution < 1.29 is 4.79 Å². The van der Waals surface area contributed by atoms with E-state index in [0.29, 0.717) is 5.16 Å². The molecule has 0 spiro atoms. The molecule has 0 aliphatic heterocycles. The highest BCUT2D eigenvalue weighted by atomic mass is 79.9. The van der Waals surface area contributed by atoms with Crippen molar-refractivity contribution in [3.63, 3.8) is 0 Å². The van der Waals surface area contributed by atoms with Crippen LogP contribution in [0.1, 0.15) is 11.1 Å². The first-order valence-electron chi connectivity index (χ1n) is 9.77. The molecule has 7 heteroatoms. The number of hydrogen-bond acceptors (Lipinski definition) is 4. The number of carbonyl (C=O) groups excluding carboxylic acids is 1. The van der Waals surface area contributed by atoms with Crippen LogP contribution in [0.5, 0.6) is 0 Å². The van der Waals surface area contributed by atoms with E-state index in [9.17, 15) is 4.79 Å². The standard InChI is InChI=1S/C24H21BrN4OS/c1-16-6-12-21(13-7-16)29-23(18-5-3-4-17(2)14-18)27-28-24(29)31-15-22(30)26-20-10-8-19(25)9-11-20/h3-14H,15H2,1-2H3,(H,26,30). The Morgan fingerprint density at radius 3 is 2.42 bits per heavy atom. The first-order chi connectivity index (χ1) is 15.0. The smallest absolute Gasteiger partial charge is 0.234 e. The van der Waals surface area contributed by atoms with E-state index in [1.54, 1.807) is 0 Å². The molecule has 0 saturated carbocycles. The molecular formula is C24H21BrN4OS. The highest BCUT2D eigenvalue weighted by Crippen LogP contribution is 2.28. The zero-order valence-corrected chi connectivity index (χ0v) is 19.6. The van der Waals surface area contributed by atoms with Gasteiger partial charge in [0.1, 0.15) is 0 Å². The molecule has 1 N–H and O–H groups in total. The molecule has 0 aliphatic rings. The van der Waals surface area contributed by atoms with E-state index in [2.05, 4.69) is 69.6 Å². The summed E-state index contributed by atoms with van der Waals surface area (Å²) in [6.07, 6.45) is 0. The van der Waals surface area contributed by atoms with E-state index < -0.39 is 0 Å². The van der Waals surface area contributed by atoms with Gasteiger partial charge in [-0.25, -0.2) is 0 Å². The maximum absolute atomic E-state index is 12.5. The number of nitrogens with one attached hydrogen (secondary N) is 1. The van der Waals surface area contributed by atoms with E-state index in [0.717, 1.165) is 32.8 Å². The van der Waals surface area contributed by atoms with Crippen LogP contribution in [0.25, 0.3) is 17.1 Å². The minimum absolute atomic E-state index is 0.0946. The van der Waals surface area contributed by atoms with Crippen molar-refractivity contribution >= 4 is 39.3 Å². The average Bonchev–Trinajstić information content (AvgIpc) is 3.18. The van der Waals surface area contributed by atoms with Gasteiger partial charge in [-0.1, -0.05) is 69.2 Å². The molecule has 5 nitrogen and oxygen atoms in total. The molecule has 0 fully saturated rings. The van der Waals surface area contributed by atoms with Gasteiger partial charge >= 0.3 is 0 Å². The number of amides is 1. The quantitative estimate of drug-likeness (QED) is 0.333. The number of halogens is 1. The third-order valence-corrected chi connectivity index (χ3v) is 6.12. The highest BCUT2D eigenvalue weighted by Gasteiger charge is 2.17. The van der Waals surface area contributed by atoms with Crippen LogP contribution in [0.3, 0.4) is 0 Å². The molecule has 0 aliphatic carbocycles. The summed E-state index contributed by atoms with van der Waals surface area (Å²) >= 11 is 4.76. The van der Waals surface area contributed by atoms with Gasteiger partial charge in [0, 0.05) is 21.4 Å².